The second-order valence-corrected chi connectivity index (χ2v) is 13.9. The average Bonchev–Trinajstić information content (AvgIpc) is 3.03. The van der Waals surface area contributed by atoms with Crippen molar-refractivity contribution in [1.82, 2.24) is 5.32 Å². The molecule has 2 atom stereocenters. The number of carbonyl (C=O) groups is 1. The van der Waals surface area contributed by atoms with Gasteiger partial charge in [-0.2, -0.15) is 0 Å². The molecule has 0 saturated carbocycles. The molecule has 1 aromatic carbocycles. The van der Waals surface area contributed by atoms with Crippen LogP contribution in [0, 0.1) is 0 Å². The van der Waals surface area contributed by atoms with Gasteiger partial charge in [0.25, 0.3) is 0 Å². The lowest BCUT2D eigenvalue weighted by Gasteiger charge is -2.32. The zero-order chi connectivity index (χ0) is 32.1. The van der Waals surface area contributed by atoms with E-state index in [2.05, 4.69) is 45.1 Å². The van der Waals surface area contributed by atoms with E-state index in [1.54, 1.807) is 0 Å². The first-order valence-corrected chi connectivity index (χ1v) is 19.2. The summed E-state index contributed by atoms with van der Waals surface area (Å²) in [5, 5.41) is 3.54. The molecule has 0 fully saturated rings. The summed E-state index contributed by atoms with van der Waals surface area (Å²) in [4.78, 5) is 13.8. The summed E-state index contributed by atoms with van der Waals surface area (Å²) in [6, 6.07) is 9.76. The largest absolute Gasteiger partial charge is 0.458 e. The Bertz CT molecular complexity index is 748. The number of hydrogen-bond acceptors (Lipinski definition) is 4. The van der Waals surface area contributed by atoms with Crippen LogP contribution in [-0.2, 0) is 9.53 Å². The number of carbonyl (C=O) groups excluding carboxylic acids is 1. The molecule has 0 radical (unpaired) electrons. The second kappa shape index (κ2) is 27.9. The van der Waals surface area contributed by atoms with E-state index in [4.69, 9.17) is 10.5 Å². The van der Waals surface area contributed by atoms with E-state index < -0.39 is 0 Å². The van der Waals surface area contributed by atoms with Crippen molar-refractivity contribution in [3.8, 4) is 0 Å². The zero-order valence-corrected chi connectivity index (χ0v) is 29.8. The van der Waals surface area contributed by atoms with Gasteiger partial charge in [0.1, 0.15) is 11.6 Å². The van der Waals surface area contributed by atoms with E-state index in [1.807, 2.05) is 18.2 Å². The quantitative estimate of drug-likeness (QED) is 0.0645. The smallest absolute Gasteiger partial charge is 0.323 e. The Morgan fingerprint density at radius 1 is 0.659 bits per heavy atom. The third-order valence-corrected chi connectivity index (χ3v) is 9.41. The molecule has 1 aromatic rings. The van der Waals surface area contributed by atoms with Gasteiger partial charge in [-0.15, -0.1) is 0 Å². The summed E-state index contributed by atoms with van der Waals surface area (Å²) in [5.41, 5.74) is 7.24. The van der Waals surface area contributed by atoms with Crippen molar-refractivity contribution in [3.63, 3.8) is 0 Å². The van der Waals surface area contributed by atoms with Gasteiger partial charge < -0.3 is 15.8 Å². The van der Waals surface area contributed by atoms with Gasteiger partial charge in [0.05, 0.1) is 0 Å². The van der Waals surface area contributed by atoms with Crippen LogP contribution in [-0.4, -0.2) is 24.2 Å². The monoisotopic (exact) mass is 615 g/mol. The van der Waals surface area contributed by atoms with E-state index in [1.165, 1.54) is 122 Å². The van der Waals surface area contributed by atoms with Crippen LogP contribution < -0.4 is 11.1 Å². The van der Waals surface area contributed by atoms with Crippen molar-refractivity contribution in [2.75, 3.05) is 6.54 Å². The van der Waals surface area contributed by atoms with Crippen LogP contribution in [0.3, 0.4) is 0 Å². The van der Waals surface area contributed by atoms with Gasteiger partial charge in [-0.3, -0.25) is 4.79 Å². The molecular formula is C40H74N2O2. The van der Waals surface area contributed by atoms with Crippen LogP contribution >= 0.6 is 0 Å². The fraction of sp³-hybridized carbons (Fsp3) is 0.825. The number of hydrogen-bond donors (Lipinski definition) is 2. The molecule has 0 aliphatic heterocycles. The number of rotatable bonds is 31. The van der Waals surface area contributed by atoms with Crippen molar-refractivity contribution < 1.29 is 9.53 Å². The molecule has 0 amide bonds. The van der Waals surface area contributed by atoms with Gasteiger partial charge in [0.2, 0.25) is 0 Å². The highest BCUT2D eigenvalue weighted by Gasteiger charge is 2.31. The molecule has 0 aliphatic rings. The lowest BCUT2D eigenvalue weighted by Crippen LogP contribution is -2.45. The topological polar surface area (TPSA) is 64.3 Å². The van der Waals surface area contributed by atoms with Crippen LogP contribution in [0.15, 0.2) is 30.3 Å². The molecule has 0 saturated heterocycles. The normalized spacial score (nSPS) is 13.2. The molecule has 0 heterocycles. The Morgan fingerprint density at radius 3 is 1.52 bits per heavy atom. The molecule has 0 aliphatic carbocycles. The number of benzene rings is 1. The maximum absolute atomic E-state index is 13.8. The first-order chi connectivity index (χ1) is 21.5. The SMILES string of the molecule is CCCCCCCCCCC(C)(CCCCCCCCCC)OC(=O)C(CCCCCCCC)NC[C@@H](N)c1ccccc1. The molecular weight excluding hydrogens is 540 g/mol. The lowest BCUT2D eigenvalue weighted by molar-refractivity contribution is -0.162. The lowest BCUT2D eigenvalue weighted by atomic mass is 9.90. The van der Waals surface area contributed by atoms with E-state index in [0.717, 1.165) is 44.1 Å². The summed E-state index contributed by atoms with van der Waals surface area (Å²) < 4.78 is 6.51. The molecule has 0 bridgehead atoms. The summed E-state index contributed by atoms with van der Waals surface area (Å²) in [7, 11) is 0. The van der Waals surface area contributed by atoms with Crippen molar-refractivity contribution >= 4 is 5.97 Å². The molecule has 44 heavy (non-hydrogen) atoms. The molecule has 1 unspecified atom stereocenters. The summed E-state index contributed by atoms with van der Waals surface area (Å²) in [6.45, 7) is 9.60. The van der Waals surface area contributed by atoms with E-state index in [-0.39, 0.29) is 23.7 Å². The van der Waals surface area contributed by atoms with Gasteiger partial charge >= 0.3 is 5.97 Å². The predicted octanol–water partition coefficient (Wildman–Crippen LogP) is 11.8. The fourth-order valence-electron chi connectivity index (χ4n) is 6.33. The summed E-state index contributed by atoms with van der Waals surface area (Å²) in [6.07, 6.45) is 30.8. The summed E-state index contributed by atoms with van der Waals surface area (Å²) >= 11 is 0. The number of unbranched alkanes of at least 4 members (excludes halogenated alkanes) is 19. The first-order valence-electron chi connectivity index (χ1n) is 19.2. The van der Waals surface area contributed by atoms with Gasteiger partial charge in [0.15, 0.2) is 0 Å². The molecule has 256 valence electrons. The van der Waals surface area contributed by atoms with E-state index in [9.17, 15) is 4.79 Å². The third kappa shape index (κ3) is 21.4. The highest BCUT2D eigenvalue weighted by atomic mass is 16.6. The minimum atomic E-state index is -0.385. The fourth-order valence-corrected chi connectivity index (χ4v) is 6.33. The Morgan fingerprint density at radius 2 is 1.07 bits per heavy atom. The van der Waals surface area contributed by atoms with Crippen LogP contribution in [0.4, 0.5) is 0 Å². The third-order valence-electron chi connectivity index (χ3n) is 9.41. The summed E-state index contributed by atoms with van der Waals surface area (Å²) in [5.74, 6) is -0.0690. The zero-order valence-electron chi connectivity index (χ0n) is 29.8. The van der Waals surface area contributed by atoms with Crippen molar-refractivity contribution in [2.45, 2.75) is 206 Å². The van der Waals surface area contributed by atoms with Crippen molar-refractivity contribution in [1.29, 1.82) is 0 Å². The Labute approximate surface area is 274 Å². The van der Waals surface area contributed by atoms with Gasteiger partial charge in [-0.25, -0.2) is 0 Å². The van der Waals surface area contributed by atoms with Crippen LogP contribution in [0.25, 0.3) is 0 Å². The Kier molecular flexibility index (Phi) is 25.7. The van der Waals surface area contributed by atoms with Gasteiger partial charge in [-0.05, 0) is 44.6 Å². The number of nitrogens with one attached hydrogen (secondary N) is 1. The van der Waals surface area contributed by atoms with Gasteiger partial charge in [-0.1, -0.05) is 180 Å². The first kappa shape index (κ1) is 40.6. The molecule has 0 spiro atoms. The van der Waals surface area contributed by atoms with Crippen LogP contribution in [0.2, 0.25) is 0 Å². The molecule has 4 nitrogen and oxygen atoms in total. The maximum atomic E-state index is 13.8. The molecule has 3 N–H and O–H groups in total. The number of esters is 1. The minimum Gasteiger partial charge on any atom is -0.458 e. The van der Waals surface area contributed by atoms with Crippen molar-refractivity contribution in [3.05, 3.63) is 35.9 Å². The Balaban J connectivity index is 2.75. The highest BCUT2D eigenvalue weighted by molar-refractivity contribution is 5.76. The Hall–Kier alpha value is -1.39. The van der Waals surface area contributed by atoms with Gasteiger partial charge in [0, 0.05) is 12.6 Å². The predicted molar refractivity (Wildman–Crippen MR) is 192 cm³/mol. The van der Waals surface area contributed by atoms with Crippen molar-refractivity contribution in [2.24, 2.45) is 5.73 Å². The van der Waals surface area contributed by atoms with E-state index >= 15 is 0 Å². The van der Waals surface area contributed by atoms with Crippen LogP contribution in [0.5, 0.6) is 0 Å². The van der Waals surface area contributed by atoms with E-state index in [0.29, 0.717) is 6.54 Å². The molecule has 0 aromatic heterocycles. The highest BCUT2D eigenvalue weighted by Crippen LogP contribution is 2.28. The number of ether oxygens (including phenoxy) is 1. The second-order valence-electron chi connectivity index (χ2n) is 13.9. The van der Waals surface area contributed by atoms with Crippen LogP contribution in [0.1, 0.15) is 200 Å². The minimum absolute atomic E-state index is 0.0690. The average molecular weight is 615 g/mol. The molecule has 1 rings (SSSR count). The molecule has 4 heteroatoms. The number of nitrogens with two attached hydrogens (primary N) is 1. The maximum Gasteiger partial charge on any atom is 0.323 e. The standard InChI is InChI=1S/C40H74N2O2/c1-5-8-11-14-17-19-22-28-33-40(4,34-29-23-20-18-15-12-9-6-2)44-39(43)38(32-27-21-16-13-10-7-3)42-35-37(41)36-30-25-24-26-31-36/h24-26,30-31,37-38,42H,5-23,27-29,32-35,41H2,1-4H3/t37-,38?/m1/s1.